The Kier molecular flexibility index (Phi) is 3.53. The summed E-state index contributed by atoms with van der Waals surface area (Å²) in [5, 5.41) is 23.4. The van der Waals surface area contributed by atoms with Crippen LogP contribution in [-0.4, -0.2) is 15.3 Å². The van der Waals surface area contributed by atoms with E-state index in [9.17, 15) is 34.9 Å². The number of rotatable bonds is 6. The molecule has 0 aliphatic carbocycles. The van der Waals surface area contributed by atoms with Gasteiger partial charge in [0.15, 0.2) is 0 Å². The monoisotopic (exact) mass is 233 g/mol. The van der Waals surface area contributed by atoms with Gasteiger partial charge in [-0.05, 0) is 0 Å². The van der Waals surface area contributed by atoms with Gasteiger partial charge in [-0.2, -0.15) is 13.9 Å². The second-order valence-electron chi connectivity index (χ2n) is 1.36. The van der Waals surface area contributed by atoms with Crippen molar-refractivity contribution in [1.29, 1.82) is 0 Å². The summed E-state index contributed by atoms with van der Waals surface area (Å²) in [6.07, 6.45) is 0. The van der Waals surface area contributed by atoms with Crippen LogP contribution >= 0.6 is 7.82 Å². The van der Waals surface area contributed by atoms with Gasteiger partial charge in [-0.3, -0.25) is 0 Å². The Balaban J connectivity index is 4.66. The lowest BCUT2D eigenvalue weighted by molar-refractivity contribution is -0.784. The van der Waals surface area contributed by atoms with Gasteiger partial charge in [0.05, 0.1) is 0 Å². The zero-order valence-electron chi connectivity index (χ0n) is 5.87. The smallest absolute Gasteiger partial charge is 0.234 e. The predicted octanol–water partition coefficient (Wildman–Crippen LogP) is -0.281. The Morgan fingerprint density at radius 2 is 1.00 bits per heavy atom. The molecule has 0 rings (SSSR count). The van der Waals surface area contributed by atoms with Crippen molar-refractivity contribution in [3.8, 4) is 0 Å². The fraction of sp³-hybridized carbons (Fsp3) is 0. The fourth-order valence-corrected chi connectivity index (χ4v) is 0.869. The third kappa shape index (κ3) is 4.66. The third-order valence-corrected chi connectivity index (χ3v) is 1.50. The van der Waals surface area contributed by atoms with Gasteiger partial charge >= 0.3 is 23.1 Å². The van der Waals surface area contributed by atoms with Crippen LogP contribution in [0, 0.1) is 30.3 Å². The van der Waals surface area contributed by atoms with Gasteiger partial charge in [-0.25, -0.2) is 4.57 Å². The molecule has 13 nitrogen and oxygen atoms in total. The summed E-state index contributed by atoms with van der Waals surface area (Å²) in [5.74, 6) is 0. The lowest BCUT2D eigenvalue weighted by atomic mass is 13.1. The number of hydrogen-bond donors (Lipinski definition) is 0. The molecule has 0 saturated heterocycles. The van der Waals surface area contributed by atoms with Crippen LogP contribution in [0.4, 0.5) is 0 Å². The molecule has 0 unspecified atom stereocenters. The Morgan fingerprint density at radius 3 is 1.14 bits per heavy atom. The highest BCUT2D eigenvalue weighted by Crippen LogP contribution is 2.49. The van der Waals surface area contributed by atoms with Crippen molar-refractivity contribution in [3.63, 3.8) is 0 Å². The molecule has 0 amide bonds. The first-order chi connectivity index (χ1) is 6.25. The molecule has 0 saturated carbocycles. The molecule has 0 aliphatic heterocycles. The van der Waals surface area contributed by atoms with E-state index in [1.807, 2.05) is 0 Å². The summed E-state index contributed by atoms with van der Waals surface area (Å²) in [6, 6.07) is 0. The second-order valence-corrected chi connectivity index (χ2v) is 2.75. The minimum Gasteiger partial charge on any atom is -0.234 e. The lowest BCUT2D eigenvalue weighted by Crippen LogP contribution is -2.11. The zero-order valence-corrected chi connectivity index (χ0v) is 6.77. The molecule has 0 aromatic heterocycles. The third-order valence-electron chi connectivity index (χ3n) is 0.500. The van der Waals surface area contributed by atoms with Crippen molar-refractivity contribution in [2.75, 3.05) is 0 Å². The van der Waals surface area contributed by atoms with Crippen molar-refractivity contribution < 1.29 is 33.7 Å². The summed E-state index contributed by atoms with van der Waals surface area (Å²) in [4.78, 5) is 28.8. The SMILES string of the molecule is O=[N+]([O-])OP(=O)(O[N+](=O)[O-])O[N+](=O)[O-]. The summed E-state index contributed by atoms with van der Waals surface area (Å²) in [5.41, 5.74) is 0. The molecular weight excluding hydrogens is 233 g/mol. The van der Waals surface area contributed by atoms with E-state index in [0.717, 1.165) is 0 Å². The fourth-order valence-electron chi connectivity index (χ4n) is 0.290. The minimum absolute atomic E-state index is 1.80. The van der Waals surface area contributed by atoms with Crippen LogP contribution in [-0.2, 0) is 18.4 Å². The molecule has 14 heteroatoms. The van der Waals surface area contributed by atoms with E-state index in [0.29, 0.717) is 0 Å². The number of nitrogens with zero attached hydrogens (tertiary/aromatic N) is 3. The molecule has 0 atom stereocenters. The summed E-state index contributed by atoms with van der Waals surface area (Å²) in [6.45, 7) is 0. The van der Waals surface area contributed by atoms with Crippen LogP contribution in [0.2, 0.25) is 0 Å². The minimum atomic E-state index is -5.48. The maximum Gasteiger partial charge on any atom is 0.568 e. The topological polar surface area (TPSA) is 174 Å². The highest BCUT2D eigenvalue weighted by Gasteiger charge is 2.37. The van der Waals surface area contributed by atoms with E-state index in [1.165, 1.54) is 0 Å². The first-order valence-electron chi connectivity index (χ1n) is 2.37. The Hall–Kier alpha value is -2.17. The van der Waals surface area contributed by atoms with E-state index < -0.39 is 23.1 Å². The Labute approximate surface area is 73.1 Å². The molecule has 0 N–H and O–H groups in total. The van der Waals surface area contributed by atoms with Crippen LogP contribution in [0.1, 0.15) is 0 Å². The highest BCUT2D eigenvalue weighted by molar-refractivity contribution is 7.47. The van der Waals surface area contributed by atoms with Crippen LogP contribution in [0.3, 0.4) is 0 Å². The second kappa shape index (κ2) is 4.18. The molecule has 0 spiro atoms. The summed E-state index contributed by atoms with van der Waals surface area (Å²) in [7, 11) is -5.48. The summed E-state index contributed by atoms with van der Waals surface area (Å²) >= 11 is 0. The van der Waals surface area contributed by atoms with Crippen LogP contribution in [0.25, 0.3) is 0 Å². The van der Waals surface area contributed by atoms with Crippen molar-refractivity contribution >= 4 is 7.82 Å². The van der Waals surface area contributed by atoms with Crippen LogP contribution < -0.4 is 0 Å². The van der Waals surface area contributed by atoms with Gasteiger partial charge in [0, 0.05) is 0 Å². The molecular formula is N3O10P. The first-order valence-corrected chi connectivity index (χ1v) is 3.83. The van der Waals surface area contributed by atoms with E-state index >= 15 is 0 Å². The van der Waals surface area contributed by atoms with E-state index in [1.54, 1.807) is 0 Å². The van der Waals surface area contributed by atoms with Crippen LogP contribution in [0.15, 0.2) is 0 Å². The van der Waals surface area contributed by atoms with E-state index in [2.05, 4.69) is 13.9 Å². The van der Waals surface area contributed by atoms with E-state index in [4.69, 9.17) is 0 Å². The van der Waals surface area contributed by atoms with Crippen molar-refractivity contribution in [3.05, 3.63) is 30.3 Å². The molecule has 0 aromatic carbocycles. The Bertz CT molecular complexity index is 257. The predicted molar refractivity (Wildman–Crippen MR) is 31.8 cm³/mol. The number of hydrogen-bond acceptors (Lipinski definition) is 10. The zero-order chi connectivity index (χ0) is 11.4. The van der Waals surface area contributed by atoms with Crippen molar-refractivity contribution in [1.82, 2.24) is 0 Å². The van der Waals surface area contributed by atoms with Gasteiger partial charge in [0.2, 0.25) is 0 Å². The number of phosphoric acid groups is 1. The molecule has 14 heavy (non-hydrogen) atoms. The molecule has 0 heterocycles. The Morgan fingerprint density at radius 1 is 0.786 bits per heavy atom. The van der Waals surface area contributed by atoms with Gasteiger partial charge in [-0.15, -0.1) is 30.3 Å². The molecule has 0 radical (unpaired) electrons. The van der Waals surface area contributed by atoms with Gasteiger partial charge in [-0.1, -0.05) is 0 Å². The quantitative estimate of drug-likeness (QED) is 0.336. The molecule has 0 fully saturated rings. The average molecular weight is 233 g/mol. The maximum atomic E-state index is 10.7. The molecule has 80 valence electrons. The van der Waals surface area contributed by atoms with Gasteiger partial charge in [0.25, 0.3) is 0 Å². The highest BCUT2D eigenvalue weighted by atomic mass is 31.2. The first kappa shape index (κ1) is 11.8. The summed E-state index contributed by atoms with van der Waals surface area (Å²) < 4.78 is 19.7. The van der Waals surface area contributed by atoms with Gasteiger partial charge < -0.3 is 0 Å². The normalized spacial score (nSPS) is 10.0. The average Bonchev–Trinajstić information content (AvgIpc) is 1.76. The lowest BCUT2D eigenvalue weighted by Gasteiger charge is -2.08. The van der Waals surface area contributed by atoms with Crippen molar-refractivity contribution in [2.45, 2.75) is 0 Å². The van der Waals surface area contributed by atoms with Crippen molar-refractivity contribution in [2.24, 2.45) is 0 Å². The van der Waals surface area contributed by atoms with E-state index in [-0.39, 0.29) is 0 Å². The van der Waals surface area contributed by atoms with Gasteiger partial charge in [0.1, 0.15) is 0 Å². The largest absolute Gasteiger partial charge is 0.568 e. The maximum absolute atomic E-state index is 10.7. The van der Waals surface area contributed by atoms with Crippen LogP contribution in [0.5, 0.6) is 0 Å². The molecule has 0 aromatic rings. The molecule has 0 bridgehead atoms. The molecule has 0 aliphatic rings. The standard InChI is InChI=1S/N3O10P/c4-1(5)11-14(10,12-2(6)7)13-3(8)9.